The van der Waals surface area contributed by atoms with Gasteiger partial charge in [-0.05, 0) is 43.4 Å². The molecule has 6 nitrogen and oxygen atoms in total. The van der Waals surface area contributed by atoms with Gasteiger partial charge < -0.3 is 5.32 Å². The van der Waals surface area contributed by atoms with E-state index < -0.39 is 11.8 Å². The fourth-order valence-electron chi connectivity index (χ4n) is 2.02. The Morgan fingerprint density at radius 3 is 2.50 bits per heavy atom. The van der Waals surface area contributed by atoms with Crippen molar-refractivity contribution in [3.8, 4) is 0 Å². The number of hydrogen-bond donors (Lipinski definition) is 2. The van der Waals surface area contributed by atoms with Crippen LogP contribution in [0, 0.1) is 0 Å². The lowest BCUT2D eigenvalue weighted by Crippen LogP contribution is -2.37. The van der Waals surface area contributed by atoms with Crippen molar-refractivity contribution in [3.63, 3.8) is 0 Å². The van der Waals surface area contributed by atoms with Gasteiger partial charge in [-0.25, -0.2) is 5.43 Å². The lowest BCUT2D eigenvalue weighted by atomic mass is 9.99. The van der Waals surface area contributed by atoms with Gasteiger partial charge in [0.1, 0.15) is 0 Å². The molecule has 2 rings (SSSR count). The molecule has 1 saturated carbocycles. The summed E-state index contributed by atoms with van der Waals surface area (Å²) in [5.41, 5.74) is 4.17. The Kier molecular flexibility index (Phi) is 5.23. The van der Waals surface area contributed by atoms with Crippen LogP contribution in [0.1, 0.15) is 37.7 Å². The van der Waals surface area contributed by atoms with Crippen LogP contribution < -0.4 is 10.7 Å². The van der Waals surface area contributed by atoms with Gasteiger partial charge in [-0.3, -0.25) is 14.6 Å². The second kappa shape index (κ2) is 7.37. The summed E-state index contributed by atoms with van der Waals surface area (Å²) in [5, 5.41) is 6.54. The molecule has 0 saturated heterocycles. The SMILES string of the molecule is O=C(NCc1ccncc1)C(=O)NN=C1CCCCC1. The van der Waals surface area contributed by atoms with Crippen molar-refractivity contribution in [2.75, 3.05) is 0 Å². The third-order valence-electron chi connectivity index (χ3n) is 3.15. The number of carbonyl (C=O) groups excluding carboxylic acids is 2. The molecule has 1 fully saturated rings. The largest absolute Gasteiger partial charge is 0.344 e. The third kappa shape index (κ3) is 4.46. The molecule has 0 bridgehead atoms. The summed E-state index contributed by atoms with van der Waals surface area (Å²) in [6.07, 6.45) is 8.48. The molecule has 2 amide bonds. The van der Waals surface area contributed by atoms with Crippen LogP contribution in [-0.4, -0.2) is 22.5 Å². The Labute approximate surface area is 117 Å². The van der Waals surface area contributed by atoms with Crippen molar-refractivity contribution in [2.45, 2.75) is 38.6 Å². The minimum Gasteiger partial charge on any atom is -0.344 e. The molecule has 0 aromatic carbocycles. The minimum absolute atomic E-state index is 0.297. The summed E-state index contributed by atoms with van der Waals surface area (Å²) in [6.45, 7) is 0.297. The second-order valence-corrected chi connectivity index (χ2v) is 4.72. The number of hydrazone groups is 1. The Balaban J connectivity index is 1.76. The number of nitrogens with zero attached hydrogens (tertiary/aromatic N) is 2. The number of nitrogens with one attached hydrogen (secondary N) is 2. The molecule has 1 aliphatic carbocycles. The van der Waals surface area contributed by atoms with Gasteiger partial charge in [-0.1, -0.05) is 6.42 Å². The van der Waals surface area contributed by atoms with Crippen molar-refractivity contribution in [3.05, 3.63) is 30.1 Å². The molecule has 106 valence electrons. The number of rotatable bonds is 3. The highest BCUT2D eigenvalue weighted by atomic mass is 16.2. The standard InChI is InChI=1S/C14H18N4O2/c19-13(16-10-11-6-8-15-9-7-11)14(20)18-17-12-4-2-1-3-5-12/h6-9H,1-5,10H2,(H,16,19)(H,18,20). The average Bonchev–Trinajstić information content (AvgIpc) is 2.52. The van der Waals surface area contributed by atoms with Crippen molar-refractivity contribution in [1.82, 2.24) is 15.7 Å². The quantitative estimate of drug-likeness (QED) is 0.640. The van der Waals surface area contributed by atoms with Crippen LogP contribution in [0.5, 0.6) is 0 Å². The first-order chi connectivity index (χ1) is 9.75. The normalized spacial score (nSPS) is 14.5. The zero-order chi connectivity index (χ0) is 14.2. The summed E-state index contributed by atoms with van der Waals surface area (Å²) in [7, 11) is 0. The van der Waals surface area contributed by atoms with Crippen LogP contribution in [0.4, 0.5) is 0 Å². The van der Waals surface area contributed by atoms with Crippen LogP contribution >= 0.6 is 0 Å². The van der Waals surface area contributed by atoms with Crippen molar-refractivity contribution < 1.29 is 9.59 Å². The van der Waals surface area contributed by atoms with E-state index in [9.17, 15) is 9.59 Å². The molecule has 20 heavy (non-hydrogen) atoms. The third-order valence-corrected chi connectivity index (χ3v) is 3.15. The smallest absolute Gasteiger partial charge is 0.329 e. The van der Waals surface area contributed by atoms with Crippen LogP contribution in [0.25, 0.3) is 0 Å². The first-order valence-electron chi connectivity index (χ1n) is 6.78. The van der Waals surface area contributed by atoms with Gasteiger partial charge in [0.05, 0.1) is 0 Å². The highest BCUT2D eigenvalue weighted by Gasteiger charge is 2.13. The number of carbonyl (C=O) groups is 2. The van der Waals surface area contributed by atoms with Gasteiger partial charge in [-0.15, -0.1) is 0 Å². The van der Waals surface area contributed by atoms with Crippen molar-refractivity contribution in [2.24, 2.45) is 5.10 Å². The predicted molar refractivity (Wildman–Crippen MR) is 74.7 cm³/mol. The summed E-state index contributed by atoms with van der Waals surface area (Å²) < 4.78 is 0. The van der Waals surface area contributed by atoms with E-state index in [0.29, 0.717) is 6.54 Å². The van der Waals surface area contributed by atoms with Gasteiger partial charge in [0.25, 0.3) is 0 Å². The molecule has 6 heteroatoms. The maximum Gasteiger partial charge on any atom is 0.329 e. The van der Waals surface area contributed by atoms with E-state index in [1.54, 1.807) is 24.5 Å². The molecule has 0 unspecified atom stereocenters. The summed E-state index contributed by atoms with van der Waals surface area (Å²) in [5.74, 6) is -1.40. The van der Waals surface area contributed by atoms with E-state index in [0.717, 1.165) is 37.0 Å². The summed E-state index contributed by atoms with van der Waals surface area (Å²) in [6, 6.07) is 3.56. The number of pyridine rings is 1. The minimum atomic E-state index is -0.725. The van der Waals surface area contributed by atoms with E-state index in [-0.39, 0.29) is 0 Å². The maximum atomic E-state index is 11.6. The number of amides is 2. The molecule has 2 N–H and O–H groups in total. The Morgan fingerprint density at radius 1 is 1.10 bits per heavy atom. The molecule has 1 heterocycles. The molecule has 0 spiro atoms. The van der Waals surface area contributed by atoms with Gasteiger partial charge >= 0.3 is 11.8 Å². The van der Waals surface area contributed by atoms with Crippen LogP contribution in [-0.2, 0) is 16.1 Å². The van der Waals surface area contributed by atoms with E-state index in [1.807, 2.05) is 0 Å². The van der Waals surface area contributed by atoms with E-state index in [2.05, 4.69) is 20.8 Å². The van der Waals surface area contributed by atoms with E-state index in [4.69, 9.17) is 0 Å². The fourth-order valence-corrected chi connectivity index (χ4v) is 2.02. The second-order valence-electron chi connectivity index (χ2n) is 4.72. The Morgan fingerprint density at radius 2 is 1.80 bits per heavy atom. The Bertz CT molecular complexity index is 491. The molecule has 0 atom stereocenters. The first kappa shape index (κ1) is 14.2. The number of hydrogen-bond acceptors (Lipinski definition) is 4. The molecular formula is C14H18N4O2. The average molecular weight is 274 g/mol. The predicted octanol–water partition coefficient (Wildman–Crippen LogP) is 1.13. The van der Waals surface area contributed by atoms with Crippen LogP contribution in [0.3, 0.4) is 0 Å². The highest BCUT2D eigenvalue weighted by molar-refractivity contribution is 6.35. The molecule has 1 aromatic heterocycles. The maximum absolute atomic E-state index is 11.6. The number of aromatic nitrogens is 1. The van der Waals surface area contributed by atoms with E-state index in [1.165, 1.54) is 6.42 Å². The zero-order valence-corrected chi connectivity index (χ0v) is 11.3. The lowest BCUT2D eigenvalue weighted by Gasteiger charge is -2.11. The van der Waals surface area contributed by atoms with Crippen LogP contribution in [0.2, 0.25) is 0 Å². The summed E-state index contributed by atoms with van der Waals surface area (Å²) in [4.78, 5) is 27.0. The van der Waals surface area contributed by atoms with Crippen molar-refractivity contribution in [1.29, 1.82) is 0 Å². The molecule has 0 aliphatic heterocycles. The molecule has 0 radical (unpaired) electrons. The van der Waals surface area contributed by atoms with Gasteiger partial charge in [0, 0.05) is 24.7 Å². The topological polar surface area (TPSA) is 83.5 Å². The zero-order valence-electron chi connectivity index (χ0n) is 11.3. The van der Waals surface area contributed by atoms with Gasteiger partial charge in [-0.2, -0.15) is 5.10 Å². The fraction of sp³-hybridized carbons (Fsp3) is 0.429. The first-order valence-corrected chi connectivity index (χ1v) is 6.78. The van der Waals surface area contributed by atoms with Crippen molar-refractivity contribution >= 4 is 17.5 Å². The highest BCUT2D eigenvalue weighted by Crippen LogP contribution is 2.14. The summed E-state index contributed by atoms with van der Waals surface area (Å²) >= 11 is 0. The van der Waals surface area contributed by atoms with Crippen LogP contribution in [0.15, 0.2) is 29.6 Å². The van der Waals surface area contributed by atoms with Gasteiger partial charge in [0.2, 0.25) is 0 Å². The van der Waals surface area contributed by atoms with Gasteiger partial charge in [0.15, 0.2) is 0 Å². The molecule has 1 aliphatic rings. The molecular weight excluding hydrogens is 256 g/mol. The Hall–Kier alpha value is -2.24. The lowest BCUT2D eigenvalue weighted by molar-refractivity contribution is -0.139. The van der Waals surface area contributed by atoms with E-state index >= 15 is 0 Å². The molecule has 1 aromatic rings. The monoisotopic (exact) mass is 274 g/mol.